The molecule has 4 rings (SSSR count). The number of aryl methyl sites for hydroxylation is 1. The van der Waals surface area contributed by atoms with Gasteiger partial charge in [-0.2, -0.15) is 0 Å². The Balaban J connectivity index is 1.53. The molecule has 0 amide bonds. The number of carbonyl (C=O) groups excluding carboxylic acids is 1. The van der Waals surface area contributed by atoms with Gasteiger partial charge in [-0.15, -0.1) is 0 Å². The molecule has 0 bridgehead atoms. The summed E-state index contributed by atoms with van der Waals surface area (Å²) >= 11 is 13.5. The third kappa shape index (κ3) is 4.40. The number of carbonyl (C=O) groups is 1. The standard InChI is InChI=1S/C24H18Cl2N2O2S/c1-14-4-3-5-20-21(14)23(30)28(2)24(27-20)31-13-15-6-8-16(9-7-15)22(29)18-11-10-17(25)12-19(18)26/h3-12H,13H2,1-2H3. The summed E-state index contributed by atoms with van der Waals surface area (Å²) in [6.45, 7) is 1.91. The molecule has 0 saturated carbocycles. The van der Waals surface area contributed by atoms with Crippen LogP contribution in [0.4, 0.5) is 0 Å². The van der Waals surface area contributed by atoms with Crippen molar-refractivity contribution in [1.29, 1.82) is 0 Å². The fourth-order valence-corrected chi connectivity index (χ4v) is 4.74. The fraction of sp³-hybridized carbons (Fsp3) is 0.125. The number of aromatic nitrogens is 2. The summed E-state index contributed by atoms with van der Waals surface area (Å²) in [5, 5.41) is 2.12. The van der Waals surface area contributed by atoms with Crippen LogP contribution in [0.1, 0.15) is 27.0 Å². The van der Waals surface area contributed by atoms with Gasteiger partial charge in [-0.3, -0.25) is 14.2 Å². The van der Waals surface area contributed by atoms with Gasteiger partial charge in [-0.1, -0.05) is 71.4 Å². The highest BCUT2D eigenvalue weighted by Crippen LogP contribution is 2.25. The summed E-state index contributed by atoms with van der Waals surface area (Å²) in [7, 11) is 1.74. The third-order valence-corrected chi connectivity index (χ3v) is 6.68. The third-order valence-electron chi connectivity index (χ3n) is 5.03. The highest BCUT2D eigenvalue weighted by atomic mass is 35.5. The maximum Gasteiger partial charge on any atom is 0.262 e. The normalized spacial score (nSPS) is 11.1. The summed E-state index contributed by atoms with van der Waals surface area (Å²) in [4.78, 5) is 30.1. The highest BCUT2D eigenvalue weighted by Gasteiger charge is 2.14. The molecule has 0 saturated heterocycles. The van der Waals surface area contributed by atoms with E-state index in [1.165, 1.54) is 11.8 Å². The van der Waals surface area contributed by atoms with E-state index in [2.05, 4.69) is 4.98 Å². The molecule has 4 nitrogen and oxygen atoms in total. The topological polar surface area (TPSA) is 52.0 Å². The summed E-state index contributed by atoms with van der Waals surface area (Å²) < 4.78 is 1.58. The molecule has 31 heavy (non-hydrogen) atoms. The van der Waals surface area contributed by atoms with Gasteiger partial charge in [0.2, 0.25) is 0 Å². The molecular formula is C24H18Cl2N2O2S. The van der Waals surface area contributed by atoms with Crippen LogP contribution in [0.25, 0.3) is 10.9 Å². The van der Waals surface area contributed by atoms with Gasteiger partial charge in [-0.05, 0) is 42.3 Å². The van der Waals surface area contributed by atoms with Gasteiger partial charge < -0.3 is 0 Å². The number of rotatable bonds is 5. The van der Waals surface area contributed by atoms with Gasteiger partial charge in [0.05, 0.1) is 15.9 Å². The van der Waals surface area contributed by atoms with Crippen LogP contribution >= 0.6 is 35.0 Å². The zero-order valence-electron chi connectivity index (χ0n) is 16.9. The minimum Gasteiger partial charge on any atom is -0.290 e. The van der Waals surface area contributed by atoms with E-state index in [0.717, 1.165) is 11.1 Å². The summed E-state index contributed by atoms with van der Waals surface area (Å²) in [5.41, 5.74) is 3.55. The molecule has 0 aliphatic heterocycles. The molecule has 0 N–H and O–H groups in total. The first-order valence-corrected chi connectivity index (χ1v) is 11.3. The molecule has 0 aliphatic carbocycles. The quantitative estimate of drug-likeness (QED) is 0.202. The van der Waals surface area contributed by atoms with Gasteiger partial charge in [0.25, 0.3) is 5.56 Å². The van der Waals surface area contributed by atoms with E-state index in [0.29, 0.717) is 43.0 Å². The molecule has 0 spiro atoms. The van der Waals surface area contributed by atoms with Crippen LogP contribution in [0.2, 0.25) is 10.0 Å². The van der Waals surface area contributed by atoms with Crippen LogP contribution in [-0.2, 0) is 12.8 Å². The smallest absolute Gasteiger partial charge is 0.262 e. The lowest BCUT2D eigenvalue weighted by molar-refractivity contribution is 0.103. The van der Waals surface area contributed by atoms with Gasteiger partial charge >= 0.3 is 0 Å². The summed E-state index contributed by atoms with van der Waals surface area (Å²) in [5.74, 6) is 0.461. The Labute approximate surface area is 193 Å². The molecule has 0 unspecified atom stereocenters. The van der Waals surface area contributed by atoms with Crippen molar-refractivity contribution in [1.82, 2.24) is 9.55 Å². The van der Waals surface area contributed by atoms with E-state index in [9.17, 15) is 9.59 Å². The Kier molecular flexibility index (Phi) is 6.19. The van der Waals surface area contributed by atoms with E-state index in [1.54, 1.807) is 41.9 Å². The van der Waals surface area contributed by atoms with E-state index >= 15 is 0 Å². The van der Waals surface area contributed by atoms with Crippen molar-refractivity contribution in [3.8, 4) is 0 Å². The molecule has 3 aromatic carbocycles. The van der Waals surface area contributed by atoms with Crippen molar-refractivity contribution in [2.45, 2.75) is 17.8 Å². The molecule has 7 heteroatoms. The predicted molar refractivity (Wildman–Crippen MR) is 128 cm³/mol. The Morgan fingerprint density at radius 3 is 2.52 bits per heavy atom. The van der Waals surface area contributed by atoms with Crippen molar-refractivity contribution in [2.75, 3.05) is 0 Å². The van der Waals surface area contributed by atoms with Crippen LogP contribution in [0.3, 0.4) is 0 Å². The van der Waals surface area contributed by atoms with Crippen molar-refractivity contribution < 1.29 is 4.79 Å². The summed E-state index contributed by atoms with van der Waals surface area (Å²) in [6.07, 6.45) is 0. The largest absolute Gasteiger partial charge is 0.290 e. The van der Waals surface area contributed by atoms with E-state index in [4.69, 9.17) is 23.2 Å². The number of hydrogen-bond acceptors (Lipinski definition) is 4. The number of thioether (sulfide) groups is 1. The van der Waals surface area contributed by atoms with Gasteiger partial charge in [-0.25, -0.2) is 4.98 Å². The molecule has 0 fully saturated rings. The van der Waals surface area contributed by atoms with Crippen molar-refractivity contribution in [3.05, 3.63) is 103 Å². The molecule has 1 heterocycles. The van der Waals surface area contributed by atoms with Gasteiger partial charge in [0.15, 0.2) is 10.9 Å². The first-order valence-electron chi connectivity index (χ1n) is 9.53. The maximum absolute atomic E-state index is 12.7. The predicted octanol–water partition coefficient (Wildman–Crippen LogP) is 6.07. The van der Waals surface area contributed by atoms with Crippen LogP contribution in [-0.4, -0.2) is 15.3 Å². The monoisotopic (exact) mass is 468 g/mol. The molecule has 4 aromatic rings. The number of fused-ring (bicyclic) bond motifs is 1. The van der Waals surface area contributed by atoms with Crippen molar-refractivity contribution >= 4 is 51.6 Å². The van der Waals surface area contributed by atoms with Crippen LogP contribution < -0.4 is 5.56 Å². The molecule has 0 aliphatic rings. The average Bonchev–Trinajstić information content (AvgIpc) is 2.75. The van der Waals surface area contributed by atoms with Crippen molar-refractivity contribution in [2.24, 2.45) is 7.05 Å². The van der Waals surface area contributed by atoms with E-state index in [-0.39, 0.29) is 11.3 Å². The van der Waals surface area contributed by atoms with Gasteiger partial charge in [0.1, 0.15) is 0 Å². The van der Waals surface area contributed by atoms with Crippen molar-refractivity contribution in [3.63, 3.8) is 0 Å². The second kappa shape index (κ2) is 8.87. The number of nitrogens with zero attached hydrogens (tertiary/aromatic N) is 2. The SMILES string of the molecule is Cc1cccc2nc(SCc3ccc(C(=O)c4ccc(Cl)cc4Cl)cc3)n(C)c(=O)c12. The lowest BCUT2D eigenvalue weighted by Crippen LogP contribution is -2.20. The van der Waals surface area contributed by atoms with Crippen LogP contribution in [0.15, 0.2) is 70.6 Å². The first kappa shape index (κ1) is 21.6. The zero-order chi connectivity index (χ0) is 22.1. The Bertz CT molecular complexity index is 1360. The van der Waals surface area contributed by atoms with E-state index in [1.807, 2.05) is 37.3 Å². The minimum atomic E-state index is -0.158. The Morgan fingerprint density at radius 1 is 1.06 bits per heavy atom. The fourth-order valence-electron chi connectivity index (χ4n) is 3.31. The minimum absolute atomic E-state index is 0.0496. The van der Waals surface area contributed by atoms with Crippen LogP contribution in [0.5, 0.6) is 0 Å². The average molecular weight is 469 g/mol. The lowest BCUT2D eigenvalue weighted by Gasteiger charge is -2.10. The zero-order valence-corrected chi connectivity index (χ0v) is 19.2. The first-order chi connectivity index (χ1) is 14.8. The second-order valence-electron chi connectivity index (χ2n) is 7.17. The number of benzene rings is 3. The molecule has 0 atom stereocenters. The second-order valence-corrected chi connectivity index (χ2v) is 8.95. The van der Waals surface area contributed by atoms with Gasteiger partial charge in [0, 0.05) is 29.0 Å². The highest BCUT2D eigenvalue weighted by molar-refractivity contribution is 7.98. The lowest BCUT2D eigenvalue weighted by atomic mass is 10.0. The molecular weight excluding hydrogens is 451 g/mol. The molecule has 0 radical (unpaired) electrons. The Hall–Kier alpha value is -2.60. The number of halogens is 2. The maximum atomic E-state index is 12.7. The van der Waals surface area contributed by atoms with Crippen LogP contribution in [0, 0.1) is 6.92 Å². The molecule has 156 valence electrons. The summed E-state index contributed by atoms with van der Waals surface area (Å²) in [6, 6.07) is 17.9. The number of hydrogen-bond donors (Lipinski definition) is 0. The molecule has 1 aromatic heterocycles. The number of ketones is 1. The van der Waals surface area contributed by atoms with E-state index < -0.39 is 0 Å². The Morgan fingerprint density at radius 2 is 1.81 bits per heavy atom.